The van der Waals surface area contributed by atoms with Gasteiger partial charge in [-0.3, -0.25) is 14.2 Å². The second kappa shape index (κ2) is 9.45. The molecule has 3 aromatic rings. The molecule has 0 aliphatic rings. The minimum Gasteiger partial charge on any atom is -0.384 e. The van der Waals surface area contributed by atoms with Gasteiger partial charge in [0, 0.05) is 32.2 Å². The number of benzene rings is 1. The molecule has 0 fully saturated rings. The monoisotopic (exact) mass is 410 g/mol. The molecule has 0 spiro atoms. The molecular formula is C21H22N4O3S. The summed E-state index contributed by atoms with van der Waals surface area (Å²) in [6.45, 7) is 2.62. The Labute approximate surface area is 172 Å². The maximum Gasteiger partial charge on any atom is 0.266 e. The van der Waals surface area contributed by atoms with Gasteiger partial charge in [0.25, 0.3) is 11.5 Å². The van der Waals surface area contributed by atoms with Gasteiger partial charge >= 0.3 is 0 Å². The van der Waals surface area contributed by atoms with Crippen LogP contribution in [0.3, 0.4) is 0 Å². The number of aromatic nitrogens is 2. The summed E-state index contributed by atoms with van der Waals surface area (Å²) in [4.78, 5) is 31.7. The zero-order valence-electron chi connectivity index (χ0n) is 16.4. The summed E-state index contributed by atoms with van der Waals surface area (Å²) in [7, 11) is 1.60. The first-order chi connectivity index (χ1) is 14.1. The van der Waals surface area contributed by atoms with Crippen LogP contribution in [-0.4, -0.2) is 29.2 Å². The first-order valence-electron chi connectivity index (χ1n) is 9.32. The number of ether oxygens (including phenoxy) is 1. The lowest BCUT2D eigenvalue weighted by Crippen LogP contribution is -2.26. The molecule has 0 saturated carbocycles. The van der Waals surface area contributed by atoms with Gasteiger partial charge in [-0.1, -0.05) is 18.2 Å². The third-order valence-corrected chi connectivity index (χ3v) is 5.75. The molecule has 0 aliphatic heterocycles. The van der Waals surface area contributed by atoms with Gasteiger partial charge in [-0.2, -0.15) is 5.26 Å². The lowest BCUT2D eigenvalue weighted by atomic mass is 10.2. The van der Waals surface area contributed by atoms with E-state index in [0.717, 1.165) is 0 Å². The number of hydrogen-bond donors (Lipinski definition) is 1. The first kappa shape index (κ1) is 20.7. The predicted octanol–water partition coefficient (Wildman–Crippen LogP) is 3.51. The van der Waals surface area contributed by atoms with E-state index < -0.39 is 0 Å². The van der Waals surface area contributed by atoms with Crippen molar-refractivity contribution in [2.24, 2.45) is 0 Å². The molecule has 1 N–H and O–H groups in total. The predicted molar refractivity (Wildman–Crippen MR) is 113 cm³/mol. The van der Waals surface area contributed by atoms with E-state index in [0.29, 0.717) is 64.6 Å². The maximum atomic E-state index is 13.2. The standard InChI is InChI=1S/C21H22N4O3S/c1-14-17-20(29-18(14)19(26)23-15-8-4-3-5-9-15)24-16(10-13-28-2)25(21(17)27)12-7-6-11-22/h3-5,8-9H,6-7,10,12-13H2,1-2H3,(H,23,26). The van der Waals surface area contributed by atoms with Crippen molar-refractivity contribution in [1.29, 1.82) is 5.26 Å². The van der Waals surface area contributed by atoms with Gasteiger partial charge in [0.1, 0.15) is 10.7 Å². The van der Waals surface area contributed by atoms with Crippen molar-refractivity contribution in [3.8, 4) is 6.07 Å². The first-order valence-corrected chi connectivity index (χ1v) is 10.1. The number of carbonyl (C=O) groups excluding carboxylic acids is 1. The number of thiophene rings is 1. The van der Waals surface area contributed by atoms with E-state index in [-0.39, 0.29) is 11.5 Å². The number of nitrogens with one attached hydrogen (secondary N) is 1. The van der Waals surface area contributed by atoms with E-state index in [4.69, 9.17) is 10.00 Å². The maximum absolute atomic E-state index is 13.2. The number of fused-ring (bicyclic) bond motifs is 1. The Morgan fingerprint density at radius 3 is 2.79 bits per heavy atom. The zero-order chi connectivity index (χ0) is 20.8. The van der Waals surface area contributed by atoms with Crippen LogP contribution in [-0.2, 0) is 17.7 Å². The second-order valence-corrected chi connectivity index (χ2v) is 7.54. The number of hydrogen-bond acceptors (Lipinski definition) is 6. The molecule has 1 aromatic carbocycles. The molecule has 0 radical (unpaired) electrons. The molecule has 3 rings (SSSR count). The fraction of sp³-hybridized carbons (Fsp3) is 0.333. The van der Waals surface area contributed by atoms with E-state index in [1.807, 2.05) is 30.3 Å². The van der Waals surface area contributed by atoms with Crippen LogP contribution in [0.2, 0.25) is 0 Å². The van der Waals surface area contributed by atoms with Crippen molar-refractivity contribution in [2.75, 3.05) is 19.0 Å². The van der Waals surface area contributed by atoms with Crippen LogP contribution in [0.1, 0.15) is 33.9 Å². The lowest BCUT2D eigenvalue weighted by molar-refractivity contribution is 0.103. The summed E-state index contributed by atoms with van der Waals surface area (Å²) >= 11 is 1.22. The topological polar surface area (TPSA) is 97.0 Å². The average molecular weight is 410 g/mol. The Hall–Kier alpha value is -3.02. The van der Waals surface area contributed by atoms with Gasteiger partial charge in [-0.05, 0) is 31.0 Å². The quantitative estimate of drug-likeness (QED) is 0.573. The fourth-order valence-electron chi connectivity index (χ4n) is 3.12. The number of nitrogens with zero attached hydrogens (tertiary/aromatic N) is 3. The summed E-state index contributed by atoms with van der Waals surface area (Å²) in [6, 6.07) is 11.3. The normalized spacial score (nSPS) is 10.8. The van der Waals surface area contributed by atoms with Crippen molar-refractivity contribution in [3.63, 3.8) is 0 Å². The number of unbranched alkanes of at least 4 members (excludes halogenated alkanes) is 1. The van der Waals surface area contributed by atoms with Crippen molar-refractivity contribution in [3.05, 3.63) is 57.0 Å². The number of amides is 1. The van der Waals surface area contributed by atoms with E-state index in [9.17, 15) is 9.59 Å². The molecule has 0 bridgehead atoms. The molecule has 8 heteroatoms. The zero-order valence-corrected chi connectivity index (χ0v) is 17.2. The van der Waals surface area contributed by atoms with Crippen LogP contribution in [0.25, 0.3) is 10.2 Å². The molecule has 1 amide bonds. The Morgan fingerprint density at radius 2 is 2.10 bits per heavy atom. The van der Waals surface area contributed by atoms with Gasteiger partial charge in [0.05, 0.1) is 22.9 Å². The molecule has 2 heterocycles. The van der Waals surface area contributed by atoms with E-state index >= 15 is 0 Å². The summed E-state index contributed by atoms with van der Waals surface area (Å²) in [5.74, 6) is 0.351. The molecule has 0 saturated heterocycles. The highest BCUT2D eigenvalue weighted by molar-refractivity contribution is 7.20. The molecular weight excluding hydrogens is 388 g/mol. The molecule has 2 aromatic heterocycles. The van der Waals surface area contributed by atoms with Crippen LogP contribution in [0, 0.1) is 18.3 Å². The highest BCUT2D eigenvalue weighted by Gasteiger charge is 2.21. The minimum absolute atomic E-state index is 0.174. The van der Waals surface area contributed by atoms with Crippen LogP contribution in [0.5, 0.6) is 0 Å². The van der Waals surface area contributed by atoms with Crippen LogP contribution in [0.15, 0.2) is 35.1 Å². The number of para-hydroxylation sites is 1. The van der Waals surface area contributed by atoms with E-state index in [1.165, 1.54) is 11.3 Å². The molecule has 0 aliphatic carbocycles. The third-order valence-electron chi connectivity index (χ3n) is 4.57. The minimum atomic E-state index is -0.259. The van der Waals surface area contributed by atoms with Crippen LogP contribution in [0.4, 0.5) is 5.69 Å². The molecule has 7 nitrogen and oxygen atoms in total. The van der Waals surface area contributed by atoms with Crippen LogP contribution >= 0.6 is 11.3 Å². The summed E-state index contributed by atoms with van der Waals surface area (Å²) < 4.78 is 6.75. The molecule has 0 atom stereocenters. The van der Waals surface area contributed by atoms with Gasteiger partial charge in [-0.15, -0.1) is 11.3 Å². The smallest absolute Gasteiger partial charge is 0.266 e. The van der Waals surface area contributed by atoms with E-state index in [1.54, 1.807) is 18.6 Å². The number of aryl methyl sites for hydroxylation is 1. The Bertz CT molecular complexity index is 1110. The number of carbonyl (C=O) groups is 1. The third kappa shape index (κ3) is 4.53. The van der Waals surface area contributed by atoms with E-state index in [2.05, 4.69) is 16.4 Å². The summed E-state index contributed by atoms with van der Waals surface area (Å²) in [6.07, 6.45) is 1.41. The van der Waals surface area contributed by atoms with Crippen molar-refractivity contribution in [2.45, 2.75) is 32.7 Å². The summed E-state index contributed by atoms with van der Waals surface area (Å²) in [5, 5.41) is 12.1. The number of anilines is 1. The number of methoxy groups -OCH3 is 1. The number of nitriles is 1. The van der Waals surface area contributed by atoms with Crippen molar-refractivity contribution < 1.29 is 9.53 Å². The fourth-order valence-corrected chi connectivity index (χ4v) is 4.20. The molecule has 29 heavy (non-hydrogen) atoms. The van der Waals surface area contributed by atoms with Gasteiger partial charge < -0.3 is 10.1 Å². The largest absolute Gasteiger partial charge is 0.384 e. The Balaban J connectivity index is 2.03. The highest BCUT2D eigenvalue weighted by Crippen LogP contribution is 2.28. The second-order valence-electron chi connectivity index (χ2n) is 6.55. The van der Waals surface area contributed by atoms with Crippen molar-refractivity contribution in [1.82, 2.24) is 9.55 Å². The average Bonchev–Trinajstić information content (AvgIpc) is 3.05. The lowest BCUT2D eigenvalue weighted by Gasteiger charge is -2.11. The Kier molecular flexibility index (Phi) is 6.75. The SMILES string of the molecule is COCCc1nc2sc(C(=O)Nc3ccccc3)c(C)c2c(=O)n1CCCC#N. The molecule has 0 unspecified atom stereocenters. The van der Waals surface area contributed by atoms with Gasteiger partial charge in [-0.25, -0.2) is 4.98 Å². The highest BCUT2D eigenvalue weighted by atomic mass is 32.1. The Morgan fingerprint density at radius 1 is 1.34 bits per heavy atom. The van der Waals surface area contributed by atoms with Gasteiger partial charge in [0.15, 0.2) is 0 Å². The van der Waals surface area contributed by atoms with Crippen molar-refractivity contribution >= 4 is 33.1 Å². The number of rotatable bonds is 8. The summed E-state index contributed by atoms with van der Waals surface area (Å²) in [5.41, 5.74) is 1.15. The molecule has 150 valence electrons. The van der Waals surface area contributed by atoms with Crippen LogP contribution < -0.4 is 10.9 Å². The van der Waals surface area contributed by atoms with Gasteiger partial charge in [0.2, 0.25) is 0 Å².